The fourth-order valence-electron chi connectivity index (χ4n) is 2.41. The zero-order valence-corrected chi connectivity index (χ0v) is 12.7. The summed E-state index contributed by atoms with van der Waals surface area (Å²) >= 11 is 0. The summed E-state index contributed by atoms with van der Waals surface area (Å²) in [5.41, 5.74) is 0. The highest BCUT2D eigenvalue weighted by molar-refractivity contribution is 7.89. The molecule has 0 spiro atoms. The van der Waals surface area contributed by atoms with E-state index in [0.717, 1.165) is 18.9 Å². The molecular weight excluding hydrogens is 293 g/mol. The summed E-state index contributed by atoms with van der Waals surface area (Å²) in [6, 6.07) is 5.15. The van der Waals surface area contributed by atoms with Gasteiger partial charge in [0, 0.05) is 19.7 Å². The van der Waals surface area contributed by atoms with Crippen molar-refractivity contribution in [2.45, 2.75) is 17.7 Å². The molecule has 1 fully saturated rings. The van der Waals surface area contributed by atoms with E-state index in [1.807, 2.05) is 0 Å². The molecule has 0 N–H and O–H groups in total. The number of hydrogen-bond acceptors (Lipinski definition) is 3. The highest BCUT2D eigenvalue weighted by Crippen LogP contribution is 2.24. The fourth-order valence-corrected chi connectivity index (χ4v) is 3.91. The molecule has 21 heavy (non-hydrogen) atoms. The molecule has 1 heterocycles. The Morgan fingerprint density at radius 3 is 2.71 bits per heavy atom. The van der Waals surface area contributed by atoms with Crippen LogP contribution in [-0.2, 0) is 14.8 Å². The molecule has 0 unspecified atom stereocenters. The summed E-state index contributed by atoms with van der Waals surface area (Å²) in [5.74, 6) is -0.173. The highest BCUT2D eigenvalue weighted by atomic mass is 32.2. The van der Waals surface area contributed by atoms with Crippen molar-refractivity contribution in [3.05, 3.63) is 42.7 Å². The first-order chi connectivity index (χ1) is 10.0. The van der Waals surface area contributed by atoms with Crippen LogP contribution in [0.2, 0.25) is 0 Å². The third-order valence-corrected chi connectivity index (χ3v) is 5.49. The van der Waals surface area contributed by atoms with E-state index < -0.39 is 15.8 Å². The minimum absolute atomic E-state index is 0.0175. The molecule has 1 saturated heterocycles. The quantitative estimate of drug-likeness (QED) is 0.598. The number of benzene rings is 1. The van der Waals surface area contributed by atoms with Crippen LogP contribution in [0.15, 0.2) is 41.8 Å². The molecular formula is C15H20FNO3S. The number of nitrogens with zero attached hydrogens (tertiary/aromatic N) is 1. The predicted molar refractivity (Wildman–Crippen MR) is 78.9 cm³/mol. The average molecular weight is 313 g/mol. The molecule has 1 aromatic carbocycles. The van der Waals surface area contributed by atoms with Gasteiger partial charge in [0.05, 0.1) is 11.5 Å². The Morgan fingerprint density at radius 1 is 1.38 bits per heavy atom. The molecule has 0 saturated carbocycles. The first-order valence-electron chi connectivity index (χ1n) is 6.98. The zero-order chi connectivity index (χ0) is 15.3. The summed E-state index contributed by atoms with van der Waals surface area (Å²) in [6.45, 7) is 5.62. The van der Waals surface area contributed by atoms with Gasteiger partial charge in [-0.05, 0) is 37.0 Å². The Morgan fingerprint density at radius 2 is 2.10 bits per heavy atom. The maximum atomic E-state index is 13.2. The molecule has 116 valence electrons. The lowest BCUT2D eigenvalue weighted by molar-refractivity contribution is 0.0982. The number of hydrogen-bond donors (Lipinski definition) is 0. The van der Waals surface area contributed by atoms with Gasteiger partial charge in [-0.15, -0.1) is 6.58 Å². The van der Waals surface area contributed by atoms with Crippen LogP contribution < -0.4 is 0 Å². The third kappa shape index (κ3) is 4.12. The standard InChI is InChI=1S/C15H20FNO3S/c1-2-10-20-12-13-6-8-17(9-7-13)21(18,19)15-5-3-4-14(16)11-15/h2-5,11,13H,1,6-10,12H2. The van der Waals surface area contributed by atoms with Crippen LogP contribution >= 0.6 is 0 Å². The Hall–Kier alpha value is -1.24. The first-order valence-corrected chi connectivity index (χ1v) is 8.42. The number of halogens is 1. The normalized spacial score (nSPS) is 17.8. The van der Waals surface area contributed by atoms with Crippen LogP contribution in [0.5, 0.6) is 0 Å². The molecule has 0 aromatic heterocycles. The molecule has 0 amide bonds. The smallest absolute Gasteiger partial charge is 0.243 e. The van der Waals surface area contributed by atoms with Gasteiger partial charge in [-0.1, -0.05) is 12.1 Å². The fraction of sp³-hybridized carbons (Fsp3) is 0.467. The molecule has 1 aliphatic heterocycles. The maximum absolute atomic E-state index is 13.2. The SMILES string of the molecule is C=CCOCC1CCN(S(=O)(=O)c2cccc(F)c2)CC1. The van der Waals surface area contributed by atoms with Crippen molar-refractivity contribution in [2.75, 3.05) is 26.3 Å². The van der Waals surface area contributed by atoms with Crippen molar-refractivity contribution >= 4 is 10.0 Å². The van der Waals surface area contributed by atoms with Gasteiger partial charge in [0.25, 0.3) is 0 Å². The van der Waals surface area contributed by atoms with Crippen LogP contribution in [-0.4, -0.2) is 39.0 Å². The second kappa shape index (κ2) is 7.15. The van der Waals surface area contributed by atoms with E-state index in [1.54, 1.807) is 6.08 Å². The number of sulfonamides is 1. The lowest BCUT2D eigenvalue weighted by Gasteiger charge is -2.31. The topological polar surface area (TPSA) is 46.6 Å². The van der Waals surface area contributed by atoms with Gasteiger partial charge in [0.15, 0.2) is 0 Å². The molecule has 2 rings (SSSR count). The van der Waals surface area contributed by atoms with Crippen molar-refractivity contribution in [2.24, 2.45) is 5.92 Å². The van der Waals surface area contributed by atoms with Crippen molar-refractivity contribution in [1.29, 1.82) is 0 Å². The van der Waals surface area contributed by atoms with Crippen LogP contribution in [0.1, 0.15) is 12.8 Å². The molecule has 6 heteroatoms. The third-order valence-electron chi connectivity index (χ3n) is 3.60. The van der Waals surface area contributed by atoms with Gasteiger partial charge in [-0.25, -0.2) is 12.8 Å². The van der Waals surface area contributed by atoms with Crippen LogP contribution in [0.25, 0.3) is 0 Å². The lowest BCUT2D eigenvalue weighted by atomic mass is 9.99. The minimum atomic E-state index is -3.60. The Labute approximate surface area is 125 Å². The first kappa shape index (κ1) is 16.1. The number of ether oxygens (including phenoxy) is 1. The Bertz CT molecular complexity index is 580. The second-order valence-electron chi connectivity index (χ2n) is 5.13. The van der Waals surface area contributed by atoms with Crippen molar-refractivity contribution in [3.8, 4) is 0 Å². The summed E-state index contributed by atoms with van der Waals surface area (Å²) in [5, 5.41) is 0. The summed E-state index contributed by atoms with van der Waals surface area (Å²) in [6.07, 6.45) is 3.21. The monoisotopic (exact) mass is 313 g/mol. The molecule has 0 radical (unpaired) electrons. The molecule has 1 aromatic rings. The van der Waals surface area contributed by atoms with Crippen molar-refractivity contribution in [3.63, 3.8) is 0 Å². The molecule has 1 aliphatic rings. The van der Waals surface area contributed by atoms with E-state index in [4.69, 9.17) is 4.74 Å². The van der Waals surface area contributed by atoms with E-state index in [-0.39, 0.29) is 4.90 Å². The lowest BCUT2D eigenvalue weighted by Crippen LogP contribution is -2.39. The Balaban J connectivity index is 1.96. The van der Waals surface area contributed by atoms with Gasteiger partial charge in [0.2, 0.25) is 10.0 Å². The summed E-state index contributed by atoms with van der Waals surface area (Å²) in [7, 11) is -3.60. The number of rotatable bonds is 6. The molecule has 0 atom stereocenters. The van der Waals surface area contributed by atoms with Crippen LogP contribution in [0.3, 0.4) is 0 Å². The van der Waals surface area contributed by atoms with Gasteiger partial charge >= 0.3 is 0 Å². The largest absolute Gasteiger partial charge is 0.377 e. The molecule has 0 bridgehead atoms. The van der Waals surface area contributed by atoms with E-state index in [2.05, 4.69) is 6.58 Å². The summed E-state index contributed by atoms with van der Waals surface area (Å²) < 4.78 is 44.9. The minimum Gasteiger partial charge on any atom is -0.377 e. The van der Waals surface area contributed by atoms with E-state index in [1.165, 1.54) is 22.5 Å². The van der Waals surface area contributed by atoms with Crippen molar-refractivity contribution in [1.82, 2.24) is 4.31 Å². The van der Waals surface area contributed by atoms with Gasteiger partial charge < -0.3 is 4.74 Å². The van der Waals surface area contributed by atoms with E-state index >= 15 is 0 Å². The average Bonchev–Trinajstić information content (AvgIpc) is 2.48. The van der Waals surface area contributed by atoms with E-state index in [0.29, 0.717) is 32.2 Å². The van der Waals surface area contributed by atoms with E-state index in [9.17, 15) is 12.8 Å². The maximum Gasteiger partial charge on any atom is 0.243 e. The number of piperidine rings is 1. The molecule has 0 aliphatic carbocycles. The highest BCUT2D eigenvalue weighted by Gasteiger charge is 2.29. The summed E-state index contributed by atoms with van der Waals surface area (Å²) in [4.78, 5) is 0.0175. The van der Waals surface area contributed by atoms with Gasteiger partial charge in [-0.2, -0.15) is 4.31 Å². The van der Waals surface area contributed by atoms with Crippen molar-refractivity contribution < 1.29 is 17.5 Å². The van der Waals surface area contributed by atoms with Gasteiger partial charge in [-0.3, -0.25) is 0 Å². The van der Waals surface area contributed by atoms with Crippen LogP contribution in [0.4, 0.5) is 4.39 Å². The zero-order valence-electron chi connectivity index (χ0n) is 11.9. The Kier molecular flexibility index (Phi) is 5.50. The molecule has 4 nitrogen and oxygen atoms in total. The predicted octanol–water partition coefficient (Wildman–Crippen LogP) is 2.43. The van der Waals surface area contributed by atoms with Gasteiger partial charge in [0.1, 0.15) is 5.82 Å². The van der Waals surface area contributed by atoms with Crippen LogP contribution in [0, 0.1) is 11.7 Å². The second-order valence-corrected chi connectivity index (χ2v) is 7.07.